The van der Waals surface area contributed by atoms with E-state index >= 15 is 0 Å². The van der Waals surface area contributed by atoms with Gasteiger partial charge in [0, 0.05) is 30.2 Å². The summed E-state index contributed by atoms with van der Waals surface area (Å²) in [5, 5.41) is 5.40. The van der Waals surface area contributed by atoms with Crippen LogP contribution in [0, 0.1) is 6.92 Å². The monoisotopic (exact) mass is 393 g/mol. The lowest BCUT2D eigenvalue weighted by atomic mass is 10.2. The molecule has 0 saturated heterocycles. The molecule has 0 bridgehead atoms. The summed E-state index contributed by atoms with van der Waals surface area (Å²) < 4.78 is 5.68. The summed E-state index contributed by atoms with van der Waals surface area (Å²) in [5.74, 6) is -0.500. The van der Waals surface area contributed by atoms with E-state index in [0.29, 0.717) is 0 Å². The van der Waals surface area contributed by atoms with Crippen LogP contribution >= 0.6 is 28.3 Å². The number of anilines is 1. The Morgan fingerprint density at radius 2 is 2.09 bits per heavy atom. The molecule has 8 heteroatoms. The lowest BCUT2D eigenvalue weighted by Gasteiger charge is -2.12. The van der Waals surface area contributed by atoms with Crippen molar-refractivity contribution < 1.29 is 14.3 Å². The molecule has 6 nitrogen and oxygen atoms in total. The number of hydrogen-bond donors (Lipinski definition) is 3. The number of aryl methyl sites for hydroxylation is 1. The Bertz CT molecular complexity index is 514. The first-order valence-corrected chi connectivity index (χ1v) is 7.31. The lowest BCUT2D eigenvalue weighted by molar-refractivity contribution is -0.123. The van der Waals surface area contributed by atoms with Gasteiger partial charge in [-0.25, -0.2) is 0 Å². The zero-order valence-electron chi connectivity index (χ0n) is 12.5. The number of amides is 2. The van der Waals surface area contributed by atoms with E-state index in [9.17, 15) is 9.59 Å². The van der Waals surface area contributed by atoms with Crippen LogP contribution in [0.25, 0.3) is 0 Å². The number of halogens is 2. The minimum absolute atomic E-state index is 0. The van der Waals surface area contributed by atoms with Crippen molar-refractivity contribution >= 4 is 45.8 Å². The van der Waals surface area contributed by atoms with E-state index in [1.54, 1.807) is 0 Å². The van der Waals surface area contributed by atoms with Crippen molar-refractivity contribution in [3.8, 4) is 0 Å². The molecule has 124 valence electrons. The summed E-state index contributed by atoms with van der Waals surface area (Å²) in [6, 6.07) is 4.93. The van der Waals surface area contributed by atoms with Crippen LogP contribution in [0.5, 0.6) is 0 Å². The van der Waals surface area contributed by atoms with Gasteiger partial charge >= 0.3 is 0 Å². The smallest absolute Gasteiger partial charge is 0.239 e. The number of carbonyl (C=O) groups excluding carboxylic acids is 2. The zero-order chi connectivity index (χ0) is 15.8. The third kappa shape index (κ3) is 7.22. The Labute approximate surface area is 144 Å². The van der Waals surface area contributed by atoms with E-state index in [-0.39, 0.29) is 43.8 Å². The zero-order valence-corrected chi connectivity index (χ0v) is 14.9. The van der Waals surface area contributed by atoms with E-state index in [1.165, 1.54) is 7.11 Å². The minimum atomic E-state index is -0.717. The van der Waals surface area contributed by atoms with Gasteiger partial charge in [-0.1, -0.05) is 22.0 Å². The number of methoxy groups -OCH3 is 1. The number of benzene rings is 1. The van der Waals surface area contributed by atoms with Crippen LogP contribution in [0.1, 0.15) is 12.0 Å². The molecule has 0 aromatic heterocycles. The Morgan fingerprint density at radius 1 is 1.41 bits per heavy atom. The van der Waals surface area contributed by atoms with Gasteiger partial charge in [0.05, 0.1) is 6.61 Å². The van der Waals surface area contributed by atoms with Gasteiger partial charge in [0.2, 0.25) is 11.8 Å². The maximum Gasteiger partial charge on any atom is 0.239 e. The molecule has 0 aliphatic heterocycles. The highest BCUT2D eigenvalue weighted by molar-refractivity contribution is 9.10. The second-order valence-electron chi connectivity index (χ2n) is 4.61. The summed E-state index contributed by atoms with van der Waals surface area (Å²) in [6.45, 7) is 2.29. The van der Waals surface area contributed by atoms with Crippen LogP contribution in [0.15, 0.2) is 22.7 Å². The first-order chi connectivity index (χ1) is 9.93. The van der Waals surface area contributed by atoms with Crippen molar-refractivity contribution in [3.63, 3.8) is 0 Å². The molecule has 1 rings (SSSR count). The molecule has 0 fully saturated rings. The number of rotatable bonds is 7. The topological polar surface area (TPSA) is 93.4 Å². The third-order valence-corrected chi connectivity index (χ3v) is 3.30. The van der Waals surface area contributed by atoms with E-state index < -0.39 is 6.04 Å². The van der Waals surface area contributed by atoms with Crippen molar-refractivity contribution in [2.24, 2.45) is 5.73 Å². The Kier molecular flexibility index (Phi) is 10.0. The molecule has 1 atom stereocenters. The van der Waals surface area contributed by atoms with Crippen LogP contribution in [0.2, 0.25) is 0 Å². The van der Waals surface area contributed by atoms with Crippen molar-refractivity contribution in [1.82, 2.24) is 5.32 Å². The van der Waals surface area contributed by atoms with Crippen molar-refractivity contribution in [1.29, 1.82) is 0 Å². The van der Waals surface area contributed by atoms with Crippen LogP contribution < -0.4 is 16.4 Å². The molecule has 1 aromatic carbocycles. The van der Waals surface area contributed by atoms with Crippen LogP contribution in [-0.2, 0) is 14.3 Å². The Hall–Kier alpha value is -1.15. The average Bonchev–Trinajstić information content (AvgIpc) is 2.43. The predicted octanol–water partition coefficient (Wildman–Crippen LogP) is 1.60. The molecule has 2 amide bonds. The van der Waals surface area contributed by atoms with Gasteiger partial charge in [-0.3, -0.25) is 9.59 Å². The fourth-order valence-corrected chi connectivity index (χ4v) is 1.99. The molecule has 0 saturated carbocycles. The van der Waals surface area contributed by atoms with E-state index in [1.807, 2.05) is 25.1 Å². The lowest BCUT2D eigenvalue weighted by Crippen LogP contribution is -2.44. The fourth-order valence-electron chi connectivity index (χ4n) is 1.63. The van der Waals surface area contributed by atoms with Gasteiger partial charge in [0.15, 0.2) is 0 Å². The van der Waals surface area contributed by atoms with Crippen molar-refractivity contribution in [2.45, 2.75) is 19.4 Å². The number of nitrogens with two attached hydrogens (primary N) is 1. The average molecular weight is 395 g/mol. The predicted molar refractivity (Wildman–Crippen MR) is 92.2 cm³/mol. The SMILES string of the molecule is COCC(N)C(=O)NCCC(=O)Nc1cc(Br)ccc1C.Cl. The highest BCUT2D eigenvalue weighted by atomic mass is 79.9. The summed E-state index contributed by atoms with van der Waals surface area (Å²) in [5.41, 5.74) is 7.28. The van der Waals surface area contributed by atoms with E-state index in [4.69, 9.17) is 10.5 Å². The molecular formula is C14H21BrClN3O3. The quantitative estimate of drug-likeness (QED) is 0.655. The van der Waals surface area contributed by atoms with Gasteiger partial charge in [-0.15, -0.1) is 12.4 Å². The van der Waals surface area contributed by atoms with Gasteiger partial charge in [0.25, 0.3) is 0 Å². The van der Waals surface area contributed by atoms with E-state index in [2.05, 4.69) is 26.6 Å². The number of hydrogen-bond acceptors (Lipinski definition) is 4. The summed E-state index contributed by atoms with van der Waals surface area (Å²) >= 11 is 3.35. The van der Waals surface area contributed by atoms with Crippen molar-refractivity contribution in [3.05, 3.63) is 28.2 Å². The fraction of sp³-hybridized carbons (Fsp3) is 0.429. The third-order valence-electron chi connectivity index (χ3n) is 2.81. The first-order valence-electron chi connectivity index (χ1n) is 6.52. The second kappa shape index (κ2) is 10.6. The summed E-state index contributed by atoms with van der Waals surface area (Å²) in [7, 11) is 1.47. The molecule has 0 spiro atoms. The van der Waals surface area contributed by atoms with Gasteiger partial charge in [-0.05, 0) is 24.6 Å². The molecule has 0 heterocycles. The minimum Gasteiger partial charge on any atom is -0.383 e. The molecule has 0 radical (unpaired) electrons. The summed E-state index contributed by atoms with van der Waals surface area (Å²) in [4.78, 5) is 23.3. The van der Waals surface area contributed by atoms with Gasteiger partial charge < -0.3 is 21.1 Å². The van der Waals surface area contributed by atoms with Crippen LogP contribution in [0.3, 0.4) is 0 Å². The second-order valence-corrected chi connectivity index (χ2v) is 5.53. The molecule has 0 aliphatic rings. The van der Waals surface area contributed by atoms with Gasteiger partial charge in [0.1, 0.15) is 6.04 Å². The van der Waals surface area contributed by atoms with Crippen LogP contribution in [-0.4, -0.2) is 38.1 Å². The standard InChI is InChI=1S/C14H20BrN3O3.ClH/c1-9-3-4-10(15)7-12(9)18-13(19)5-6-17-14(20)11(16)8-21-2;/h3-4,7,11H,5-6,8,16H2,1-2H3,(H,17,20)(H,18,19);1H. The molecule has 1 aromatic rings. The highest BCUT2D eigenvalue weighted by Crippen LogP contribution is 2.20. The van der Waals surface area contributed by atoms with E-state index in [0.717, 1.165) is 15.7 Å². The molecule has 0 aliphatic carbocycles. The number of carbonyl (C=O) groups is 2. The summed E-state index contributed by atoms with van der Waals surface area (Å²) in [6.07, 6.45) is 0.178. The normalized spacial score (nSPS) is 11.3. The molecule has 4 N–H and O–H groups in total. The highest BCUT2D eigenvalue weighted by Gasteiger charge is 2.13. The maximum atomic E-state index is 11.8. The number of ether oxygens (including phenoxy) is 1. The molecular weight excluding hydrogens is 374 g/mol. The Balaban J connectivity index is 0.00000441. The van der Waals surface area contributed by atoms with Gasteiger partial charge in [-0.2, -0.15) is 0 Å². The largest absolute Gasteiger partial charge is 0.383 e. The first kappa shape index (κ1) is 20.9. The number of nitrogens with one attached hydrogen (secondary N) is 2. The maximum absolute atomic E-state index is 11.8. The van der Waals surface area contributed by atoms with Crippen LogP contribution in [0.4, 0.5) is 5.69 Å². The van der Waals surface area contributed by atoms with Crippen molar-refractivity contribution in [2.75, 3.05) is 25.6 Å². The molecule has 22 heavy (non-hydrogen) atoms. The Morgan fingerprint density at radius 3 is 2.73 bits per heavy atom. The molecule has 1 unspecified atom stereocenters.